The third-order valence-electron chi connectivity index (χ3n) is 2.73. The van der Waals surface area contributed by atoms with Crippen LogP contribution in [0.5, 0.6) is 0 Å². The highest BCUT2D eigenvalue weighted by atomic mass is 79.9. The first-order valence-corrected chi connectivity index (χ1v) is 6.79. The maximum Gasteiger partial charge on any atom is 0.261 e. The SMILES string of the molecule is CNC(CCOCC(F)F)Cc1ccc(F)c(Br)c1. The molecule has 6 heteroatoms. The first-order valence-electron chi connectivity index (χ1n) is 6.00. The normalized spacial score (nSPS) is 12.9. The summed E-state index contributed by atoms with van der Waals surface area (Å²) in [5, 5.41) is 3.10. The summed E-state index contributed by atoms with van der Waals surface area (Å²) >= 11 is 3.13. The number of ether oxygens (including phenoxy) is 1. The summed E-state index contributed by atoms with van der Waals surface area (Å²) in [6.45, 7) is -0.253. The minimum atomic E-state index is -2.43. The number of hydrogen-bond acceptors (Lipinski definition) is 2. The lowest BCUT2D eigenvalue weighted by molar-refractivity contribution is 0.0146. The Balaban J connectivity index is 2.40. The molecule has 0 aromatic heterocycles. The highest BCUT2D eigenvalue weighted by Crippen LogP contribution is 2.18. The van der Waals surface area contributed by atoms with Crippen LogP contribution < -0.4 is 5.32 Å². The predicted octanol–water partition coefficient (Wildman–Crippen LogP) is 3.39. The third kappa shape index (κ3) is 6.40. The van der Waals surface area contributed by atoms with Crippen molar-refractivity contribution in [2.24, 2.45) is 0 Å². The molecule has 0 amide bonds. The van der Waals surface area contributed by atoms with Gasteiger partial charge in [0.1, 0.15) is 12.4 Å². The Kier molecular flexibility index (Phi) is 7.41. The lowest BCUT2D eigenvalue weighted by Crippen LogP contribution is -2.29. The molecule has 1 aromatic carbocycles. The van der Waals surface area contributed by atoms with Crippen LogP contribution in [0.25, 0.3) is 0 Å². The van der Waals surface area contributed by atoms with E-state index in [1.54, 1.807) is 19.2 Å². The van der Waals surface area contributed by atoms with Gasteiger partial charge in [0.15, 0.2) is 0 Å². The highest BCUT2D eigenvalue weighted by molar-refractivity contribution is 9.10. The molecule has 1 N–H and O–H groups in total. The maximum atomic E-state index is 13.1. The lowest BCUT2D eigenvalue weighted by Gasteiger charge is -2.16. The van der Waals surface area contributed by atoms with Gasteiger partial charge in [-0.2, -0.15) is 0 Å². The Labute approximate surface area is 119 Å². The quantitative estimate of drug-likeness (QED) is 0.733. The topological polar surface area (TPSA) is 21.3 Å². The van der Waals surface area contributed by atoms with E-state index in [1.807, 2.05) is 0 Å². The van der Waals surface area contributed by atoms with E-state index in [4.69, 9.17) is 4.74 Å². The van der Waals surface area contributed by atoms with Crippen LogP contribution in [0.15, 0.2) is 22.7 Å². The van der Waals surface area contributed by atoms with Crippen molar-refractivity contribution in [3.8, 4) is 0 Å². The second-order valence-corrected chi connectivity index (χ2v) is 5.05. The van der Waals surface area contributed by atoms with Gasteiger partial charge in [-0.3, -0.25) is 0 Å². The Morgan fingerprint density at radius 2 is 2.11 bits per heavy atom. The van der Waals surface area contributed by atoms with Crippen LogP contribution in [-0.2, 0) is 11.2 Å². The minimum Gasteiger partial charge on any atom is -0.375 e. The van der Waals surface area contributed by atoms with Crippen LogP contribution in [0.3, 0.4) is 0 Å². The van der Waals surface area contributed by atoms with Gasteiger partial charge < -0.3 is 10.1 Å². The van der Waals surface area contributed by atoms with Gasteiger partial charge in [-0.1, -0.05) is 6.07 Å². The number of likely N-dealkylation sites (N-methyl/N-ethyl adjacent to an activating group) is 1. The van der Waals surface area contributed by atoms with Crippen molar-refractivity contribution in [2.75, 3.05) is 20.3 Å². The molecule has 0 radical (unpaired) electrons. The number of alkyl halides is 2. The summed E-state index contributed by atoms with van der Waals surface area (Å²) in [4.78, 5) is 0. The fraction of sp³-hybridized carbons (Fsp3) is 0.538. The third-order valence-corrected chi connectivity index (χ3v) is 3.34. The molecule has 0 spiro atoms. The second kappa shape index (κ2) is 8.55. The molecule has 0 bridgehead atoms. The molecule has 19 heavy (non-hydrogen) atoms. The fourth-order valence-corrected chi connectivity index (χ4v) is 2.12. The summed E-state index contributed by atoms with van der Waals surface area (Å²) in [6, 6.07) is 4.94. The van der Waals surface area contributed by atoms with E-state index in [-0.39, 0.29) is 18.5 Å². The number of halogens is 4. The Morgan fingerprint density at radius 1 is 1.37 bits per heavy atom. The number of hydrogen-bond donors (Lipinski definition) is 1. The van der Waals surface area contributed by atoms with Crippen molar-refractivity contribution < 1.29 is 17.9 Å². The molecule has 1 unspecified atom stereocenters. The fourth-order valence-electron chi connectivity index (χ4n) is 1.70. The molecule has 0 aliphatic rings. The molecule has 1 atom stereocenters. The van der Waals surface area contributed by atoms with E-state index in [2.05, 4.69) is 21.2 Å². The molecule has 0 heterocycles. The molecule has 2 nitrogen and oxygen atoms in total. The Hall–Kier alpha value is -0.590. The first kappa shape index (κ1) is 16.5. The summed E-state index contributed by atoms with van der Waals surface area (Å²) in [5.74, 6) is -0.301. The van der Waals surface area contributed by atoms with Crippen molar-refractivity contribution in [1.82, 2.24) is 5.32 Å². The van der Waals surface area contributed by atoms with Crippen molar-refractivity contribution in [3.05, 3.63) is 34.1 Å². The molecule has 0 aliphatic heterocycles. The van der Waals surface area contributed by atoms with E-state index in [0.717, 1.165) is 5.56 Å². The Bertz CT molecular complexity index is 390. The Morgan fingerprint density at radius 3 is 2.68 bits per heavy atom. The standard InChI is InChI=1S/C13H17BrF3NO/c1-18-10(4-5-19-8-13(16)17)6-9-2-3-12(15)11(14)7-9/h2-3,7,10,13,18H,4-6,8H2,1H3. The average Bonchev–Trinajstić information content (AvgIpc) is 2.37. The van der Waals surface area contributed by atoms with Crippen LogP contribution in [0, 0.1) is 5.82 Å². The van der Waals surface area contributed by atoms with E-state index in [9.17, 15) is 13.2 Å². The van der Waals surface area contributed by atoms with Crippen LogP contribution in [0.1, 0.15) is 12.0 Å². The van der Waals surface area contributed by atoms with Gasteiger partial charge in [-0.15, -0.1) is 0 Å². The summed E-state index contributed by atoms with van der Waals surface area (Å²) in [6.07, 6.45) is -1.12. The van der Waals surface area contributed by atoms with E-state index in [1.165, 1.54) is 6.07 Å². The van der Waals surface area contributed by atoms with Crippen LogP contribution >= 0.6 is 15.9 Å². The van der Waals surface area contributed by atoms with Crippen LogP contribution in [-0.4, -0.2) is 32.7 Å². The van der Waals surface area contributed by atoms with Crippen LogP contribution in [0.4, 0.5) is 13.2 Å². The molecule has 0 saturated carbocycles. The highest BCUT2D eigenvalue weighted by Gasteiger charge is 2.10. The number of benzene rings is 1. The van der Waals surface area contributed by atoms with Crippen molar-refractivity contribution >= 4 is 15.9 Å². The molecule has 0 fully saturated rings. The monoisotopic (exact) mass is 339 g/mol. The second-order valence-electron chi connectivity index (χ2n) is 4.19. The number of nitrogens with one attached hydrogen (secondary N) is 1. The lowest BCUT2D eigenvalue weighted by atomic mass is 10.0. The van der Waals surface area contributed by atoms with Crippen LogP contribution in [0.2, 0.25) is 0 Å². The molecule has 108 valence electrons. The van der Waals surface area contributed by atoms with Crippen molar-refractivity contribution in [3.63, 3.8) is 0 Å². The first-order chi connectivity index (χ1) is 9.02. The molecular weight excluding hydrogens is 323 g/mol. The average molecular weight is 340 g/mol. The largest absolute Gasteiger partial charge is 0.375 e. The van der Waals surface area contributed by atoms with E-state index in [0.29, 0.717) is 17.3 Å². The smallest absolute Gasteiger partial charge is 0.261 e. The molecule has 1 aromatic rings. The maximum absolute atomic E-state index is 13.1. The summed E-state index contributed by atoms with van der Waals surface area (Å²) in [5.41, 5.74) is 0.974. The predicted molar refractivity (Wildman–Crippen MR) is 72.1 cm³/mol. The van der Waals surface area contributed by atoms with Gasteiger partial charge >= 0.3 is 0 Å². The zero-order valence-electron chi connectivity index (χ0n) is 10.6. The zero-order valence-corrected chi connectivity index (χ0v) is 12.2. The van der Waals surface area contributed by atoms with Gasteiger partial charge in [-0.25, -0.2) is 13.2 Å². The molecule has 0 saturated heterocycles. The zero-order chi connectivity index (χ0) is 14.3. The van der Waals surface area contributed by atoms with Gasteiger partial charge in [0.05, 0.1) is 4.47 Å². The van der Waals surface area contributed by atoms with E-state index < -0.39 is 13.0 Å². The van der Waals surface area contributed by atoms with Crippen molar-refractivity contribution in [1.29, 1.82) is 0 Å². The van der Waals surface area contributed by atoms with E-state index >= 15 is 0 Å². The van der Waals surface area contributed by atoms with Gasteiger partial charge in [0, 0.05) is 12.6 Å². The summed E-state index contributed by atoms with van der Waals surface area (Å²) in [7, 11) is 1.80. The molecule has 0 aliphatic carbocycles. The van der Waals surface area contributed by atoms with Gasteiger partial charge in [0.2, 0.25) is 0 Å². The summed E-state index contributed by atoms with van der Waals surface area (Å²) < 4.78 is 42.1. The minimum absolute atomic E-state index is 0.107. The molecule has 1 rings (SSSR count). The number of rotatable bonds is 8. The van der Waals surface area contributed by atoms with Gasteiger partial charge in [0.25, 0.3) is 6.43 Å². The molecular formula is C13H17BrF3NO. The van der Waals surface area contributed by atoms with Crippen molar-refractivity contribution in [2.45, 2.75) is 25.3 Å². The van der Waals surface area contributed by atoms with Gasteiger partial charge in [-0.05, 0) is 53.5 Å².